The van der Waals surface area contributed by atoms with E-state index in [1.165, 1.54) is 36.4 Å². The summed E-state index contributed by atoms with van der Waals surface area (Å²) in [6.07, 6.45) is 0.600. The lowest BCUT2D eigenvalue weighted by Crippen LogP contribution is -2.42. The fourth-order valence-electron chi connectivity index (χ4n) is 4.19. The number of nitrogens with two attached hydrogens (primary N) is 1. The van der Waals surface area contributed by atoms with Crippen molar-refractivity contribution in [1.82, 2.24) is 4.57 Å². The van der Waals surface area contributed by atoms with Gasteiger partial charge in [0, 0.05) is 16.1 Å². The Morgan fingerprint density at radius 1 is 1.08 bits per heavy atom. The van der Waals surface area contributed by atoms with Crippen LogP contribution in [0.4, 0.5) is 8.78 Å². The van der Waals surface area contributed by atoms with Crippen LogP contribution < -0.4 is 20.5 Å². The van der Waals surface area contributed by atoms with E-state index in [1.54, 1.807) is 20.8 Å². The van der Waals surface area contributed by atoms with Gasteiger partial charge in [-0.1, -0.05) is 35.3 Å². The molecule has 2 N–H and O–H groups in total. The number of fused-ring (bicyclic) bond motifs is 1. The number of carbonyl (C=O) groups excluding carboxylic acids is 2. The fraction of sp³-hybridized carbons (Fsp3) is 0.222. The summed E-state index contributed by atoms with van der Waals surface area (Å²) < 4.78 is 41.3. The topological polar surface area (TPSA) is 101 Å². The first kappa shape index (κ1) is 28.5. The third kappa shape index (κ3) is 5.24. The number of halogens is 4. The van der Waals surface area contributed by atoms with Crippen LogP contribution in [0.2, 0.25) is 10.0 Å². The van der Waals surface area contributed by atoms with Gasteiger partial charge in [-0.15, -0.1) is 11.3 Å². The van der Waals surface area contributed by atoms with E-state index in [2.05, 4.69) is 0 Å². The van der Waals surface area contributed by atoms with Crippen LogP contribution in [0.1, 0.15) is 37.8 Å². The van der Waals surface area contributed by atoms with Gasteiger partial charge in [-0.25, -0.2) is 18.4 Å². The van der Waals surface area contributed by atoms with Gasteiger partial charge in [0.2, 0.25) is 0 Å². The summed E-state index contributed by atoms with van der Waals surface area (Å²) in [4.78, 5) is 40.4. The zero-order valence-electron chi connectivity index (χ0n) is 20.9. The second kappa shape index (κ2) is 11.3. The second-order valence-corrected chi connectivity index (χ2v) is 10.5. The average Bonchev–Trinajstić information content (AvgIpc) is 3.17. The molecule has 1 atom stereocenters. The molecule has 0 fully saturated rings. The predicted octanol–water partition coefficient (Wildman–Crippen LogP) is 3.91. The van der Waals surface area contributed by atoms with Crippen molar-refractivity contribution in [3.05, 3.63) is 94.3 Å². The smallest absolute Gasteiger partial charge is 0.338 e. The highest BCUT2D eigenvalue weighted by Crippen LogP contribution is 2.42. The molecule has 7 nitrogen and oxygen atoms in total. The van der Waals surface area contributed by atoms with E-state index < -0.39 is 47.0 Å². The van der Waals surface area contributed by atoms with Crippen LogP contribution in [0.5, 0.6) is 0 Å². The van der Waals surface area contributed by atoms with Crippen molar-refractivity contribution < 1.29 is 27.8 Å². The molecule has 1 aliphatic heterocycles. The average molecular weight is 595 g/mol. The molecule has 4 rings (SSSR count). The minimum Gasteiger partial charge on any atom is -0.463 e. The van der Waals surface area contributed by atoms with Gasteiger partial charge in [-0.3, -0.25) is 9.36 Å². The molecule has 1 unspecified atom stereocenters. The molecule has 2 heterocycles. The molecule has 0 spiro atoms. The third-order valence-electron chi connectivity index (χ3n) is 5.77. The number of esters is 2. The summed E-state index contributed by atoms with van der Waals surface area (Å²) in [5, 5.41) is -0.0531. The Labute approximate surface area is 235 Å². The Bertz CT molecular complexity index is 1670. The van der Waals surface area contributed by atoms with Gasteiger partial charge in [-0.05, 0) is 51.1 Å². The Hall–Kier alpha value is -3.47. The first-order valence-electron chi connectivity index (χ1n) is 11.7. The molecule has 0 saturated heterocycles. The van der Waals surface area contributed by atoms with E-state index in [-0.39, 0.29) is 48.1 Å². The number of aromatic nitrogens is 1. The monoisotopic (exact) mass is 594 g/mol. The number of carbonyl (C=O) groups is 2. The van der Waals surface area contributed by atoms with Crippen LogP contribution in [0.15, 0.2) is 46.8 Å². The SMILES string of the molecule is CCOC(=O)C1=C(N)n2c(sc(=Cc3c(F)cccc3Cl)c2=O)=C(C(=O)OC(C)C)C1c1c(F)cccc1Cl. The van der Waals surface area contributed by atoms with Crippen molar-refractivity contribution in [2.45, 2.75) is 32.8 Å². The number of nitrogens with zero attached hydrogens (tertiary/aromatic N) is 1. The summed E-state index contributed by atoms with van der Waals surface area (Å²) in [5.74, 6) is -5.31. The van der Waals surface area contributed by atoms with Crippen LogP contribution in [0.25, 0.3) is 17.5 Å². The maximum Gasteiger partial charge on any atom is 0.338 e. The van der Waals surface area contributed by atoms with Crippen molar-refractivity contribution in [3.8, 4) is 0 Å². The van der Waals surface area contributed by atoms with Crippen molar-refractivity contribution in [3.63, 3.8) is 0 Å². The highest BCUT2D eigenvalue weighted by molar-refractivity contribution is 7.07. The zero-order chi connectivity index (χ0) is 28.6. The molecule has 2 aromatic carbocycles. The third-order valence-corrected chi connectivity index (χ3v) is 7.54. The van der Waals surface area contributed by atoms with E-state index in [9.17, 15) is 18.8 Å². The maximum absolute atomic E-state index is 15.3. The first-order valence-corrected chi connectivity index (χ1v) is 13.3. The molecule has 12 heteroatoms. The number of hydrogen-bond donors (Lipinski definition) is 1. The molecule has 39 heavy (non-hydrogen) atoms. The molecule has 1 aliphatic rings. The zero-order valence-corrected chi connectivity index (χ0v) is 23.2. The van der Waals surface area contributed by atoms with Crippen molar-refractivity contribution >= 4 is 63.9 Å². The van der Waals surface area contributed by atoms with Crippen LogP contribution >= 0.6 is 34.5 Å². The van der Waals surface area contributed by atoms with Gasteiger partial charge in [0.25, 0.3) is 5.56 Å². The van der Waals surface area contributed by atoms with Gasteiger partial charge >= 0.3 is 11.9 Å². The van der Waals surface area contributed by atoms with Crippen LogP contribution in [0, 0.1) is 11.6 Å². The maximum atomic E-state index is 15.3. The molecule has 0 amide bonds. The Morgan fingerprint density at radius 2 is 1.72 bits per heavy atom. The summed E-state index contributed by atoms with van der Waals surface area (Å²) >= 11 is 13.3. The number of hydrogen-bond acceptors (Lipinski definition) is 7. The number of rotatable bonds is 6. The summed E-state index contributed by atoms with van der Waals surface area (Å²) in [5.41, 5.74) is 4.70. The van der Waals surface area contributed by atoms with Gasteiger partial charge in [0.15, 0.2) is 0 Å². The molecule has 204 valence electrons. The van der Waals surface area contributed by atoms with Crippen molar-refractivity contribution in [2.75, 3.05) is 6.61 Å². The van der Waals surface area contributed by atoms with E-state index >= 15 is 4.39 Å². The van der Waals surface area contributed by atoms with Crippen molar-refractivity contribution in [2.24, 2.45) is 5.73 Å². The van der Waals surface area contributed by atoms with Gasteiger partial charge in [0.1, 0.15) is 22.1 Å². The summed E-state index contributed by atoms with van der Waals surface area (Å²) in [6.45, 7) is 4.68. The first-order chi connectivity index (χ1) is 18.5. The molecular weight excluding hydrogens is 573 g/mol. The lowest BCUT2D eigenvalue weighted by atomic mass is 9.82. The predicted molar refractivity (Wildman–Crippen MR) is 146 cm³/mol. The van der Waals surface area contributed by atoms with E-state index in [1.807, 2.05) is 0 Å². The summed E-state index contributed by atoms with van der Waals surface area (Å²) in [7, 11) is 0. The lowest BCUT2D eigenvalue weighted by Gasteiger charge is -2.28. The second-order valence-electron chi connectivity index (χ2n) is 8.65. The molecule has 0 bridgehead atoms. The quantitative estimate of drug-likeness (QED) is 0.434. The fourth-order valence-corrected chi connectivity index (χ4v) is 5.82. The standard InChI is InChI=1S/C27H22Cl2F2N2O5S/c1-4-37-26(35)21-20(19-15(29)8-6-10-17(19)31)22(27(36)38-12(2)3)25-33(23(21)32)24(34)18(39-25)11-13-14(28)7-5-9-16(13)30/h5-12,20H,4,32H2,1-3H3. The molecule has 0 aliphatic carbocycles. The number of ether oxygens (including phenoxy) is 2. The van der Waals surface area contributed by atoms with Gasteiger partial charge < -0.3 is 15.2 Å². The largest absolute Gasteiger partial charge is 0.463 e. The molecular formula is C27H22Cl2F2N2O5S. The minimum absolute atomic E-state index is 0.0424. The highest BCUT2D eigenvalue weighted by Gasteiger charge is 2.42. The molecule has 0 radical (unpaired) electrons. The van der Waals surface area contributed by atoms with Gasteiger partial charge in [0.05, 0.1) is 39.3 Å². The Balaban J connectivity index is 2.20. The normalized spacial score (nSPS) is 15.5. The molecule has 0 saturated carbocycles. The van der Waals surface area contributed by atoms with Gasteiger partial charge in [-0.2, -0.15) is 0 Å². The van der Waals surface area contributed by atoms with E-state index in [0.717, 1.165) is 22.0 Å². The Morgan fingerprint density at radius 3 is 2.31 bits per heavy atom. The highest BCUT2D eigenvalue weighted by atomic mass is 35.5. The van der Waals surface area contributed by atoms with E-state index in [4.69, 9.17) is 38.4 Å². The number of thiazole rings is 1. The summed E-state index contributed by atoms with van der Waals surface area (Å²) in [6, 6.07) is 7.89. The molecule has 1 aromatic heterocycles. The van der Waals surface area contributed by atoms with Crippen molar-refractivity contribution in [1.29, 1.82) is 0 Å². The minimum atomic E-state index is -1.48. The molecule has 3 aromatic rings. The number of benzene rings is 2. The van der Waals surface area contributed by atoms with Crippen LogP contribution in [-0.2, 0) is 19.1 Å². The lowest BCUT2D eigenvalue weighted by molar-refractivity contribution is -0.140. The van der Waals surface area contributed by atoms with E-state index in [0.29, 0.717) is 0 Å². The van der Waals surface area contributed by atoms with Crippen LogP contribution in [0.3, 0.4) is 0 Å². The Kier molecular flexibility index (Phi) is 8.29. The van der Waals surface area contributed by atoms with Crippen LogP contribution in [-0.4, -0.2) is 29.2 Å².